The minimum Gasteiger partial charge on any atom is -0.478 e. The summed E-state index contributed by atoms with van der Waals surface area (Å²) in [5.41, 5.74) is -3.10. The summed E-state index contributed by atoms with van der Waals surface area (Å²) in [6.45, 7) is 3.76. The lowest BCUT2D eigenvalue weighted by Gasteiger charge is -2.38. The van der Waals surface area contributed by atoms with Crippen LogP contribution in [0.15, 0.2) is 17.7 Å². The Hall–Kier alpha value is -1.89. The number of hydrogen-bond donors (Lipinski definition) is 2. The summed E-state index contributed by atoms with van der Waals surface area (Å²) in [6, 6.07) is 2.77. The summed E-state index contributed by atoms with van der Waals surface area (Å²) in [6.07, 6.45) is -3.65. The lowest BCUT2D eigenvalue weighted by Crippen LogP contribution is -2.54. The molecular weight excluding hydrogens is 347 g/mol. The number of carboxylic acids is 1. The number of ether oxygens (including phenoxy) is 1. The van der Waals surface area contributed by atoms with Crippen molar-refractivity contribution in [2.45, 2.75) is 38.5 Å². The van der Waals surface area contributed by atoms with Crippen LogP contribution in [0.25, 0.3) is 6.08 Å². The van der Waals surface area contributed by atoms with Crippen LogP contribution in [-0.4, -0.2) is 29.4 Å². The largest absolute Gasteiger partial charge is 0.478 e. The number of carboxylic acid groups (broad SMARTS) is 1. The molecule has 1 aromatic rings. The van der Waals surface area contributed by atoms with Gasteiger partial charge < -0.3 is 15.2 Å². The number of benzene rings is 1. The SMILES string of the molecule is CCCNc1cc2c(cc1Cl)C=C(C(=O)O)C(CC)(C(F)(F)F)O2. The van der Waals surface area contributed by atoms with Crippen LogP contribution in [-0.2, 0) is 4.79 Å². The second-order valence-electron chi connectivity index (χ2n) is 5.44. The Kier molecular flexibility index (Phi) is 5.03. The Balaban J connectivity index is 2.61. The predicted molar refractivity (Wildman–Crippen MR) is 85.6 cm³/mol. The third-order valence-corrected chi connectivity index (χ3v) is 4.18. The minimum atomic E-state index is -4.87. The van der Waals surface area contributed by atoms with Crippen molar-refractivity contribution < 1.29 is 27.8 Å². The minimum absolute atomic E-state index is 0.0535. The van der Waals surface area contributed by atoms with Crippen molar-refractivity contribution in [2.75, 3.05) is 11.9 Å². The van der Waals surface area contributed by atoms with Crippen LogP contribution in [0.5, 0.6) is 5.75 Å². The number of alkyl halides is 3. The van der Waals surface area contributed by atoms with Crippen LogP contribution < -0.4 is 10.1 Å². The molecule has 24 heavy (non-hydrogen) atoms. The molecule has 0 spiro atoms. The summed E-state index contributed by atoms with van der Waals surface area (Å²) in [5, 5.41) is 12.5. The molecule has 1 aromatic carbocycles. The number of fused-ring (bicyclic) bond motifs is 1. The van der Waals surface area contributed by atoms with Gasteiger partial charge in [-0.05, 0) is 25.0 Å². The monoisotopic (exact) mass is 363 g/mol. The van der Waals surface area contributed by atoms with Gasteiger partial charge in [0, 0.05) is 18.2 Å². The van der Waals surface area contributed by atoms with E-state index in [0.29, 0.717) is 12.2 Å². The second-order valence-corrected chi connectivity index (χ2v) is 5.85. The molecule has 1 heterocycles. The van der Waals surface area contributed by atoms with Gasteiger partial charge in [0.05, 0.1) is 16.3 Å². The van der Waals surface area contributed by atoms with E-state index in [2.05, 4.69) is 5.32 Å². The zero-order valence-corrected chi connectivity index (χ0v) is 13.9. The molecule has 132 valence electrons. The van der Waals surface area contributed by atoms with E-state index in [1.165, 1.54) is 19.1 Å². The number of aliphatic carboxylic acids is 1. The Morgan fingerprint density at radius 1 is 1.38 bits per heavy atom. The first kappa shape index (κ1) is 18.4. The highest BCUT2D eigenvalue weighted by Gasteiger charge is 2.61. The molecule has 0 fully saturated rings. The second kappa shape index (κ2) is 6.55. The van der Waals surface area contributed by atoms with Crippen molar-refractivity contribution in [2.24, 2.45) is 0 Å². The van der Waals surface area contributed by atoms with Crippen LogP contribution in [0, 0.1) is 0 Å². The van der Waals surface area contributed by atoms with Crippen LogP contribution in [0.4, 0.5) is 18.9 Å². The fourth-order valence-electron chi connectivity index (χ4n) is 2.59. The Labute approximate surface area is 142 Å². The maximum atomic E-state index is 13.6. The molecule has 4 nitrogen and oxygen atoms in total. The van der Waals surface area contributed by atoms with Crippen LogP contribution >= 0.6 is 11.6 Å². The van der Waals surface area contributed by atoms with Gasteiger partial charge in [0.1, 0.15) is 5.75 Å². The maximum absolute atomic E-state index is 13.6. The molecular formula is C16H17ClF3NO3. The number of halogens is 4. The molecule has 2 N–H and O–H groups in total. The topological polar surface area (TPSA) is 58.6 Å². The average Bonchev–Trinajstić information content (AvgIpc) is 2.50. The van der Waals surface area contributed by atoms with Gasteiger partial charge in [-0.2, -0.15) is 13.2 Å². The van der Waals surface area contributed by atoms with Gasteiger partial charge in [-0.25, -0.2) is 4.79 Å². The first-order valence-electron chi connectivity index (χ1n) is 7.45. The number of rotatable bonds is 5. The van der Waals surface area contributed by atoms with Gasteiger partial charge in [-0.3, -0.25) is 0 Å². The summed E-state index contributed by atoms with van der Waals surface area (Å²) in [7, 11) is 0. The van der Waals surface area contributed by atoms with Crippen LogP contribution in [0.2, 0.25) is 5.02 Å². The molecule has 1 aliphatic heterocycles. The van der Waals surface area contributed by atoms with Crippen molar-refractivity contribution in [3.63, 3.8) is 0 Å². The van der Waals surface area contributed by atoms with E-state index in [0.717, 1.165) is 12.5 Å². The van der Waals surface area contributed by atoms with E-state index >= 15 is 0 Å². The van der Waals surface area contributed by atoms with Crippen LogP contribution in [0.1, 0.15) is 32.3 Å². The molecule has 2 rings (SSSR count). The molecule has 0 amide bonds. The normalized spacial score (nSPS) is 20.0. The predicted octanol–water partition coefficient (Wildman–Crippen LogP) is 4.73. The quantitative estimate of drug-likeness (QED) is 0.793. The fourth-order valence-corrected chi connectivity index (χ4v) is 2.83. The number of hydrogen-bond acceptors (Lipinski definition) is 3. The maximum Gasteiger partial charge on any atom is 0.432 e. The van der Waals surface area contributed by atoms with Gasteiger partial charge in [0.25, 0.3) is 0 Å². The molecule has 0 aliphatic carbocycles. The summed E-state index contributed by atoms with van der Waals surface area (Å²) >= 11 is 6.10. The average molecular weight is 364 g/mol. The Morgan fingerprint density at radius 2 is 2.04 bits per heavy atom. The van der Waals surface area contributed by atoms with E-state index in [1.54, 1.807) is 0 Å². The zero-order valence-electron chi connectivity index (χ0n) is 13.1. The third kappa shape index (κ3) is 3.05. The first-order valence-corrected chi connectivity index (χ1v) is 7.82. The molecule has 8 heteroatoms. The van der Waals surface area contributed by atoms with E-state index in [9.17, 15) is 23.1 Å². The van der Waals surface area contributed by atoms with E-state index < -0.39 is 29.7 Å². The lowest BCUT2D eigenvalue weighted by molar-refractivity contribution is -0.236. The fraction of sp³-hybridized carbons (Fsp3) is 0.438. The van der Waals surface area contributed by atoms with Gasteiger partial charge in [0.15, 0.2) is 0 Å². The highest BCUT2D eigenvalue weighted by atomic mass is 35.5. The number of nitrogens with one attached hydrogen (secondary N) is 1. The van der Waals surface area contributed by atoms with E-state index in [4.69, 9.17) is 16.3 Å². The van der Waals surface area contributed by atoms with Crippen molar-refractivity contribution in [3.8, 4) is 5.75 Å². The summed E-state index contributed by atoms with van der Waals surface area (Å²) in [5.74, 6) is -1.73. The summed E-state index contributed by atoms with van der Waals surface area (Å²) < 4.78 is 46.0. The Bertz CT molecular complexity index is 688. The van der Waals surface area contributed by atoms with E-state index in [1.807, 2.05) is 6.92 Å². The Morgan fingerprint density at radius 3 is 2.54 bits per heavy atom. The molecule has 1 atom stereocenters. The van der Waals surface area contributed by atoms with E-state index in [-0.39, 0.29) is 16.3 Å². The van der Waals surface area contributed by atoms with Gasteiger partial charge in [-0.1, -0.05) is 25.4 Å². The lowest BCUT2D eigenvalue weighted by atomic mass is 9.85. The number of carbonyl (C=O) groups is 1. The summed E-state index contributed by atoms with van der Waals surface area (Å²) in [4.78, 5) is 11.4. The molecule has 0 radical (unpaired) electrons. The standard InChI is InChI=1S/C16H17ClF3NO3/c1-3-5-21-12-8-13-9(7-11(12)17)6-10(14(22)23)15(4-2,24-13)16(18,19)20/h6-8,21H,3-5H2,1-2H3,(H,22,23). The van der Waals surface area contributed by atoms with Gasteiger partial charge >= 0.3 is 12.1 Å². The van der Waals surface area contributed by atoms with Crippen LogP contribution in [0.3, 0.4) is 0 Å². The first-order chi connectivity index (χ1) is 11.2. The molecule has 1 unspecified atom stereocenters. The smallest absolute Gasteiger partial charge is 0.432 e. The molecule has 1 aliphatic rings. The number of anilines is 1. The van der Waals surface area contributed by atoms with Crippen molar-refractivity contribution >= 4 is 29.3 Å². The molecule has 0 saturated heterocycles. The van der Waals surface area contributed by atoms with Crippen molar-refractivity contribution in [1.29, 1.82) is 0 Å². The highest BCUT2D eigenvalue weighted by molar-refractivity contribution is 6.33. The molecule has 0 bridgehead atoms. The zero-order chi connectivity index (χ0) is 18.1. The highest BCUT2D eigenvalue weighted by Crippen LogP contribution is 2.48. The van der Waals surface area contributed by atoms with Crippen molar-refractivity contribution in [1.82, 2.24) is 0 Å². The van der Waals surface area contributed by atoms with Gasteiger partial charge in [-0.15, -0.1) is 0 Å². The molecule has 0 saturated carbocycles. The van der Waals surface area contributed by atoms with Gasteiger partial charge in [0.2, 0.25) is 5.60 Å². The van der Waals surface area contributed by atoms with Crippen molar-refractivity contribution in [3.05, 3.63) is 28.3 Å². The third-order valence-electron chi connectivity index (χ3n) is 3.87. The molecule has 0 aromatic heterocycles.